The maximum Gasteiger partial charge on any atom is 0.228 e. The van der Waals surface area contributed by atoms with Crippen molar-refractivity contribution >= 4 is 22.8 Å². The first-order valence-electron chi connectivity index (χ1n) is 6.37. The molecule has 0 spiro atoms. The van der Waals surface area contributed by atoms with E-state index in [4.69, 9.17) is 16.1 Å². The first-order valence-corrected chi connectivity index (χ1v) is 6.81. The molecule has 0 aromatic carbocycles. The molecule has 1 unspecified atom stereocenters. The van der Waals surface area contributed by atoms with Crippen LogP contribution in [0.2, 0.25) is 0 Å². The number of aryl methyl sites for hydroxylation is 4. The fourth-order valence-electron chi connectivity index (χ4n) is 2.39. The molecular weight excluding hydrogens is 280 g/mol. The third kappa shape index (κ3) is 2.07. The van der Waals surface area contributed by atoms with Crippen molar-refractivity contribution in [3.05, 3.63) is 23.7 Å². The molecule has 0 aliphatic rings. The quantitative estimate of drug-likeness (QED) is 0.688. The number of imidazole rings is 1. The van der Waals surface area contributed by atoms with Crippen LogP contribution in [0.1, 0.15) is 29.7 Å². The van der Waals surface area contributed by atoms with Gasteiger partial charge in [0.15, 0.2) is 12.0 Å². The zero-order valence-corrected chi connectivity index (χ0v) is 12.3. The van der Waals surface area contributed by atoms with Gasteiger partial charge in [-0.25, -0.2) is 4.98 Å². The molecule has 3 aromatic heterocycles. The molecule has 0 saturated carbocycles. The van der Waals surface area contributed by atoms with Crippen LogP contribution in [0.25, 0.3) is 11.2 Å². The Morgan fingerprint density at radius 3 is 2.90 bits per heavy atom. The van der Waals surface area contributed by atoms with E-state index in [0.717, 1.165) is 22.7 Å². The fraction of sp³-hybridized carbons (Fsp3) is 0.500. The van der Waals surface area contributed by atoms with Crippen molar-refractivity contribution in [2.45, 2.75) is 32.2 Å². The second-order valence-corrected chi connectivity index (χ2v) is 5.36. The van der Waals surface area contributed by atoms with E-state index in [9.17, 15) is 0 Å². The Morgan fingerprint density at radius 2 is 2.25 bits per heavy atom. The molecule has 0 N–H and O–H groups in total. The Bertz CT molecular complexity index is 727. The van der Waals surface area contributed by atoms with Gasteiger partial charge in [0.2, 0.25) is 5.89 Å². The topological polar surface area (TPSA) is 74.6 Å². The summed E-state index contributed by atoms with van der Waals surface area (Å²) < 4.78 is 8.92. The molecule has 3 heterocycles. The zero-order valence-electron chi connectivity index (χ0n) is 11.5. The molecule has 3 aromatic rings. The maximum absolute atomic E-state index is 6.24. The van der Waals surface area contributed by atoms with Crippen LogP contribution in [0.15, 0.2) is 10.9 Å². The molecule has 0 saturated heterocycles. The number of hydrogen-bond acceptors (Lipinski definition) is 5. The molecule has 106 valence electrons. The van der Waals surface area contributed by atoms with Crippen molar-refractivity contribution in [3.8, 4) is 0 Å². The molecule has 20 heavy (non-hydrogen) atoms. The Labute approximate surface area is 120 Å². The predicted octanol–water partition coefficient (Wildman–Crippen LogP) is 2.00. The summed E-state index contributed by atoms with van der Waals surface area (Å²) in [7, 11) is 1.91. The minimum absolute atomic E-state index is 0.176. The fourth-order valence-corrected chi connectivity index (χ4v) is 2.56. The van der Waals surface area contributed by atoms with Gasteiger partial charge >= 0.3 is 0 Å². The van der Waals surface area contributed by atoms with Crippen molar-refractivity contribution < 1.29 is 4.52 Å². The molecule has 1 atom stereocenters. The Balaban J connectivity index is 2.04. The normalized spacial score (nSPS) is 13.2. The smallest absolute Gasteiger partial charge is 0.228 e. The van der Waals surface area contributed by atoms with Gasteiger partial charge in [0.25, 0.3) is 0 Å². The van der Waals surface area contributed by atoms with Crippen LogP contribution in [0.4, 0.5) is 0 Å². The van der Waals surface area contributed by atoms with E-state index in [2.05, 4.69) is 24.8 Å². The standard InChI is InChI=1S/C12H15ClN6O/c1-7(13)11-16-10-8(2)17-18(3)12(10)19(11)5-4-9-14-6-15-20-9/h6-7H,4-5H2,1-3H3. The van der Waals surface area contributed by atoms with Crippen LogP contribution < -0.4 is 0 Å². The SMILES string of the molecule is Cc1nn(C)c2c1nc(C(C)Cl)n2CCc1ncno1. The molecule has 0 amide bonds. The number of alkyl halides is 1. The summed E-state index contributed by atoms with van der Waals surface area (Å²) in [6.45, 7) is 4.53. The third-order valence-corrected chi connectivity index (χ3v) is 3.43. The number of fused-ring (bicyclic) bond motifs is 1. The van der Waals surface area contributed by atoms with Crippen molar-refractivity contribution in [1.29, 1.82) is 0 Å². The van der Waals surface area contributed by atoms with Gasteiger partial charge in [-0.15, -0.1) is 11.6 Å². The van der Waals surface area contributed by atoms with Gasteiger partial charge in [-0.1, -0.05) is 5.16 Å². The molecule has 0 radical (unpaired) electrons. The van der Waals surface area contributed by atoms with Gasteiger partial charge < -0.3 is 9.09 Å². The van der Waals surface area contributed by atoms with Crippen LogP contribution in [0, 0.1) is 6.92 Å². The maximum atomic E-state index is 6.24. The average Bonchev–Trinajstić information content (AvgIpc) is 3.07. The van der Waals surface area contributed by atoms with Crippen molar-refractivity contribution in [3.63, 3.8) is 0 Å². The lowest BCUT2D eigenvalue weighted by Gasteiger charge is -2.09. The number of nitrogens with zero attached hydrogens (tertiary/aromatic N) is 6. The summed E-state index contributed by atoms with van der Waals surface area (Å²) in [5.74, 6) is 1.43. The first kappa shape index (κ1) is 13.1. The summed E-state index contributed by atoms with van der Waals surface area (Å²) in [5, 5.41) is 7.83. The van der Waals surface area contributed by atoms with Crippen LogP contribution >= 0.6 is 11.6 Å². The summed E-state index contributed by atoms with van der Waals surface area (Å²) in [5.41, 5.74) is 2.75. The molecule has 7 nitrogen and oxygen atoms in total. The highest BCUT2D eigenvalue weighted by Crippen LogP contribution is 2.26. The average molecular weight is 295 g/mol. The van der Waals surface area contributed by atoms with E-state index in [-0.39, 0.29) is 5.38 Å². The highest BCUT2D eigenvalue weighted by atomic mass is 35.5. The summed E-state index contributed by atoms with van der Waals surface area (Å²) in [6, 6.07) is 0. The molecule has 8 heteroatoms. The van der Waals surface area contributed by atoms with Crippen molar-refractivity contribution in [2.24, 2.45) is 7.05 Å². The largest absolute Gasteiger partial charge is 0.340 e. The van der Waals surface area contributed by atoms with E-state index < -0.39 is 0 Å². The van der Waals surface area contributed by atoms with Crippen LogP contribution in [0.3, 0.4) is 0 Å². The van der Waals surface area contributed by atoms with E-state index in [1.165, 1.54) is 6.33 Å². The molecular formula is C12H15ClN6O. The van der Waals surface area contributed by atoms with E-state index in [1.807, 2.05) is 25.6 Å². The van der Waals surface area contributed by atoms with Gasteiger partial charge in [-0.05, 0) is 13.8 Å². The number of halogens is 1. The lowest BCUT2D eigenvalue weighted by molar-refractivity contribution is 0.370. The lowest BCUT2D eigenvalue weighted by atomic mass is 10.4. The van der Waals surface area contributed by atoms with Gasteiger partial charge in [0.1, 0.15) is 11.3 Å². The lowest BCUT2D eigenvalue weighted by Crippen LogP contribution is -2.10. The molecule has 0 bridgehead atoms. The van der Waals surface area contributed by atoms with E-state index in [1.54, 1.807) is 0 Å². The predicted molar refractivity (Wildman–Crippen MR) is 73.5 cm³/mol. The number of aromatic nitrogens is 6. The van der Waals surface area contributed by atoms with Crippen LogP contribution in [0.5, 0.6) is 0 Å². The van der Waals surface area contributed by atoms with Gasteiger partial charge in [-0.3, -0.25) is 4.68 Å². The third-order valence-electron chi connectivity index (χ3n) is 3.23. The van der Waals surface area contributed by atoms with E-state index >= 15 is 0 Å². The van der Waals surface area contributed by atoms with Gasteiger partial charge in [0, 0.05) is 20.0 Å². The van der Waals surface area contributed by atoms with Crippen LogP contribution in [-0.2, 0) is 20.0 Å². The minimum Gasteiger partial charge on any atom is -0.340 e. The van der Waals surface area contributed by atoms with Crippen LogP contribution in [-0.4, -0.2) is 29.5 Å². The second kappa shape index (κ2) is 4.90. The monoisotopic (exact) mass is 294 g/mol. The zero-order chi connectivity index (χ0) is 14.3. The number of hydrogen-bond donors (Lipinski definition) is 0. The summed E-state index contributed by atoms with van der Waals surface area (Å²) >= 11 is 6.24. The Morgan fingerprint density at radius 1 is 1.45 bits per heavy atom. The highest BCUT2D eigenvalue weighted by Gasteiger charge is 2.20. The minimum atomic E-state index is -0.176. The van der Waals surface area contributed by atoms with Gasteiger partial charge in [-0.2, -0.15) is 10.1 Å². The molecule has 0 aliphatic heterocycles. The molecule has 3 rings (SSSR count). The van der Waals surface area contributed by atoms with Gasteiger partial charge in [0.05, 0.1) is 11.1 Å². The highest BCUT2D eigenvalue weighted by molar-refractivity contribution is 6.20. The van der Waals surface area contributed by atoms with Crippen molar-refractivity contribution in [1.82, 2.24) is 29.5 Å². The Kier molecular flexibility index (Phi) is 3.21. The summed E-state index contributed by atoms with van der Waals surface area (Å²) in [6.07, 6.45) is 2.03. The first-order chi connectivity index (χ1) is 9.58. The van der Waals surface area contributed by atoms with E-state index in [0.29, 0.717) is 18.9 Å². The second-order valence-electron chi connectivity index (χ2n) is 4.70. The summed E-state index contributed by atoms with van der Waals surface area (Å²) in [4.78, 5) is 8.64. The molecule has 0 fully saturated rings. The van der Waals surface area contributed by atoms with Crippen molar-refractivity contribution in [2.75, 3.05) is 0 Å². The number of rotatable bonds is 4. The molecule has 0 aliphatic carbocycles. The Hall–Kier alpha value is -1.89.